The maximum Gasteiger partial charge on any atom is 0.337 e. The zero-order valence-corrected chi connectivity index (χ0v) is 15.9. The van der Waals surface area contributed by atoms with E-state index in [-0.39, 0.29) is 22.0 Å². The van der Waals surface area contributed by atoms with Crippen molar-refractivity contribution in [2.24, 2.45) is 0 Å². The minimum atomic E-state index is -0.738. The number of anilines is 1. The largest absolute Gasteiger partial charge is 0.465 e. The van der Waals surface area contributed by atoms with E-state index in [0.717, 1.165) is 11.6 Å². The van der Waals surface area contributed by atoms with Crippen molar-refractivity contribution in [3.05, 3.63) is 80.5 Å². The van der Waals surface area contributed by atoms with Gasteiger partial charge in [-0.3, -0.25) is 14.9 Å². The van der Waals surface area contributed by atoms with Gasteiger partial charge in [0.25, 0.3) is 11.6 Å². The number of benzene rings is 2. The van der Waals surface area contributed by atoms with Crippen LogP contribution in [0.5, 0.6) is 0 Å². The maximum atomic E-state index is 12.2. The summed E-state index contributed by atoms with van der Waals surface area (Å²) in [6.45, 7) is 0.298. The van der Waals surface area contributed by atoms with Gasteiger partial charge in [0.1, 0.15) is 16.7 Å². The molecule has 2 aromatic rings. The molecule has 0 spiro atoms. The Balaban J connectivity index is 2.01. The lowest BCUT2D eigenvalue weighted by molar-refractivity contribution is -0.384. The summed E-state index contributed by atoms with van der Waals surface area (Å²) in [7, 11) is 1.29. The highest BCUT2D eigenvalue weighted by molar-refractivity contribution is 6.32. The summed E-state index contributed by atoms with van der Waals surface area (Å²) in [5, 5.41) is 25.3. The van der Waals surface area contributed by atoms with Crippen molar-refractivity contribution in [1.29, 1.82) is 5.26 Å². The van der Waals surface area contributed by atoms with Gasteiger partial charge < -0.3 is 15.4 Å². The summed E-state index contributed by atoms with van der Waals surface area (Å²) < 4.78 is 4.62. The number of amides is 1. The van der Waals surface area contributed by atoms with E-state index in [4.69, 9.17) is 11.6 Å². The first kappa shape index (κ1) is 21.4. The zero-order chi connectivity index (χ0) is 21.4. The van der Waals surface area contributed by atoms with E-state index in [2.05, 4.69) is 15.4 Å². The second kappa shape index (κ2) is 9.87. The fourth-order valence-corrected chi connectivity index (χ4v) is 2.41. The summed E-state index contributed by atoms with van der Waals surface area (Å²) in [5.41, 5.74) is 0.751. The summed E-state index contributed by atoms with van der Waals surface area (Å²) in [6, 6.07) is 12.1. The van der Waals surface area contributed by atoms with Crippen LogP contribution in [0.1, 0.15) is 15.9 Å². The van der Waals surface area contributed by atoms with Crippen LogP contribution in [0.4, 0.5) is 11.4 Å². The zero-order valence-electron chi connectivity index (χ0n) is 15.1. The third-order valence-electron chi connectivity index (χ3n) is 3.69. The standard InChI is InChI=1S/C19H15ClN4O5/c1-29-19(26)13-4-2-12(3-5-13)10-22-11-14(9-21)18(25)23-15-6-7-16(20)17(8-15)24(27)28/h2-8,11,22H,10H2,1H3,(H,23,25)/b14-11-. The SMILES string of the molecule is COC(=O)c1ccc(CN/C=C(/C#N)C(=O)Nc2ccc(Cl)c([N+](=O)[O-])c2)cc1. The van der Waals surface area contributed by atoms with Gasteiger partial charge in [-0.25, -0.2) is 4.79 Å². The van der Waals surface area contributed by atoms with Crippen LogP contribution >= 0.6 is 11.6 Å². The Morgan fingerprint density at radius 2 is 1.97 bits per heavy atom. The van der Waals surface area contributed by atoms with Crippen molar-refractivity contribution < 1.29 is 19.2 Å². The smallest absolute Gasteiger partial charge is 0.337 e. The summed E-state index contributed by atoms with van der Waals surface area (Å²) >= 11 is 5.73. The molecule has 0 saturated heterocycles. The number of nitriles is 1. The molecule has 0 saturated carbocycles. The van der Waals surface area contributed by atoms with Gasteiger partial charge in [-0.15, -0.1) is 0 Å². The fraction of sp³-hybridized carbons (Fsp3) is 0.105. The first-order valence-electron chi connectivity index (χ1n) is 8.12. The Morgan fingerprint density at radius 3 is 2.55 bits per heavy atom. The van der Waals surface area contributed by atoms with Gasteiger partial charge in [-0.1, -0.05) is 23.7 Å². The molecular formula is C19H15ClN4O5. The second-order valence-electron chi connectivity index (χ2n) is 5.62. The molecule has 0 aliphatic carbocycles. The van der Waals surface area contributed by atoms with Crippen LogP contribution in [-0.2, 0) is 16.1 Å². The van der Waals surface area contributed by atoms with Gasteiger partial charge in [-0.2, -0.15) is 5.26 Å². The number of methoxy groups -OCH3 is 1. The number of hydrogen-bond acceptors (Lipinski definition) is 7. The molecule has 0 aliphatic heterocycles. The molecule has 0 atom stereocenters. The molecule has 0 unspecified atom stereocenters. The molecule has 2 rings (SSSR count). The molecule has 0 heterocycles. The average Bonchev–Trinajstić information content (AvgIpc) is 2.72. The lowest BCUT2D eigenvalue weighted by Crippen LogP contribution is -2.16. The summed E-state index contributed by atoms with van der Waals surface area (Å²) in [5.74, 6) is -1.19. The Morgan fingerprint density at radius 1 is 1.28 bits per heavy atom. The molecular weight excluding hydrogens is 400 g/mol. The molecule has 148 valence electrons. The van der Waals surface area contributed by atoms with Crippen LogP contribution in [0.25, 0.3) is 0 Å². The molecule has 0 radical (unpaired) electrons. The summed E-state index contributed by atoms with van der Waals surface area (Å²) in [6.07, 6.45) is 1.23. The van der Waals surface area contributed by atoms with Crippen molar-refractivity contribution in [3.8, 4) is 6.07 Å². The lowest BCUT2D eigenvalue weighted by Gasteiger charge is -2.06. The van der Waals surface area contributed by atoms with Crippen molar-refractivity contribution in [2.45, 2.75) is 6.54 Å². The third-order valence-corrected chi connectivity index (χ3v) is 4.01. The number of hydrogen-bond donors (Lipinski definition) is 2. The third kappa shape index (κ3) is 5.79. The Labute approximate surface area is 170 Å². The number of esters is 1. The molecule has 29 heavy (non-hydrogen) atoms. The fourth-order valence-electron chi connectivity index (χ4n) is 2.22. The number of carbonyl (C=O) groups excluding carboxylic acids is 2. The molecule has 0 aliphatic rings. The summed E-state index contributed by atoms with van der Waals surface area (Å²) in [4.78, 5) is 33.8. The number of carbonyl (C=O) groups is 2. The highest BCUT2D eigenvalue weighted by atomic mass is 35.5. The van der Waals surface area contributed by atoms with Gasteiger partial charge in [0.2, 0.25) is 0 Å². The van der Waals surface area contributed by atoms with Crippen LogP contribution in [-0.4, -0.2) is 23.9 Å². The molecule has 1 amide bonds. The van der Waals surface area contributed by atoms with Crippen LogP contribution in [0.15, 0.2) is 54.2 Å². The van der Waals surface area contributed by atoms with E-state index in [1.165, 1.54) is 25.4 Å². The monoisotopic (exact) mass is 414 g/mol. The van der Waals surface area contributed by atoms with Crippen LogP contribution < -0.4 is 10.6 Å². The van der Waals surface area contributed by atoms with E-state index in [1.54, 1.807) is 30.3 Å². The van der Waals surface area contributed by atoms with Gasteiger partial charge in [-0.05, 0) is 29.8 Å². The predicted molar refractivity (Wildman–Crippen MR) is 105 cm³/mol. The van der Waals surface area contributed by atoms with E-state index in [1.807, 2.05) is 0 Å². The van der Waals surface area contributed by atoms with E-state index < -0.39 is 16.8 Å². The highest BCUT2D eigenvalue weighted by Crippen LogP contribution is 2.27. The minimum Gasteiger partial charge on any atom is -0.465 e. The molecule has 0 bridgehead atoms. The Hall–Kier alpha value is -3.90. The number of nitrogens with zero attached hydrogens (tertiary/aromatic N) is 2. The van der Waals surface area contributed by atoms with Gasteiger partial charge in [0.15, 0.2) is 0 Å². The van der Waals surface area contributed by atoms with Crippen molar-refractivity contribution in [1.82, 2.24) is 5.32 Å². The van der Waals surface area contributed by atoms with Gasteiger partial charge in [0.05, 0.1) is 17.6 Å². The molecule has 0 fully saturated rings. The van der Waals surface area contributed by atoms with Gasteiger partial charge in [0, 0.05) is 24.5 Å². The number of nitro benzene ring substituents is 1. The number of nitro groups is 1. The van der Waals surface area contributed by atoms with Crippen molar-refractivity contribution in [2.75, 3.05) is 12.4 Å². The maximum absolute atomic E-state index is 12.2. The van der Waals surface area contributed by atoms with Crippen LogP contribution in [0, 0.1) is 21.4 Å². The number of halogens is 1. The van der Waals surface area contributed by atoms with Crippen molar-refractivity contribution in [3.63, 3.8) is 0 Å². The quantitative estimate of drug-likeness (QED) is 0.233. The molecule has 0 aromatic heterocycles. The van der Waals surface area contributed by atoms with Crippen molar-refractivity contribution >= 4 is 34.9 Å². The number of nitrogens with one attached hydrogen (secondary N) is 2. The number of rotatable bonds is 7. The Bertz CT molecular complexity index is 1010. The normalized spacial score (nSPS) is 10.6. The first-order chi connectivity index (χ1) is 13.8. The first-order valence-corrected chi connectivity index (χ1v) is 8.49. The highest BCUT2D eigenvalue weighted by Gasteiger charge is 2.15. The second-order valence-corrected chi connectivity index (χ2v) is 6.02. The average molecular weight is 415 g/mol. The molecule has 2 aromatic carbocycles. The van der Waals surface area contributed by atoms with E-state index >= 15 is 0 Å². The minimum absolute atomic E-state index is 0.0658. The molecule has 9 nitrogen and oxygen atoms in total. The lowest BCUT2D eigenvalue weighted by atomic mass is 10.1. The topological polar surface area (TPSA) is 134 Å². The van der Waals surface area contributed by atoms with Crippen LogP contribution in [0.2, 0.25) is 5.02 Å². The van der Waals surface area contributed by atoms with E-state index in [0.29, 0.717) is 12.1 Å². The Kier molecular flexibility index (Phi) is 7.28. The van der Waals surface area contributed by atoms with Gasteiger partial charge >= 0.3 is 5.97 Å². The molecule has 2 N–H and O–H groups in total. The predicted octanol–water partition coefficient (Wildman–Crippen LogP) is 3.17. The van der Waals surface area contributed by atoms with E-state index in [9.17, 15) is 25.0 Å². The molecule has 10 heteroatoms. The van der Waals surface area contributed by atoms with Crippen LogP contribution in [0.3, 0.4) is 0 Å². The number of ether oxygens (including phenoxy) is 1.